The van der Waals surface area contributed by atoms with Crippen LogP contribution in [-0.2, 0) is 10.2 Å². The average Bonchev–Trinajstić information content (AvgIpc) is 3.31. The molecule has 5 saturated carbocycles. The fourth-order valence-corrected chi connectivity index (χ4v) is 8.49. The van der Waals surface area contributed by atoms with Crippen molar-refractivity contribution in [3.05, 3.63) is 35.9 Å². The molecule has 28 heavy (non-hydrogen) atoms. The van der Waals surface area contributed by atoms with Gasteiger partial charge in [-0.05, 0) is 80.7 Å². The highest BCUT2D eigenvalue weighted by molar-refractivity contribution is 5.84. The van der Waals surface area contributed by atoms with E-state index in [9.17, 15) is 9.18 Å². The molecule has 150 valence electrons. The number of benzene rings is 1. The first-order chi connectivity index (χ1) is 13.5. The van der Waals surface area contributed by atoms with Gasteiger partial charge in [-0.15, -0.1) is 0 Å². The summed E-state index contributed by atoms with van der Waals surface area (Å²) in [6.45, 7) is 0.829. The zero-order valence-electron chi connectivity index (χ0n) is 16.6. The van der Waals surface area contributed by atoms with Crippen LogP contribution in [0.5, 0.6) is 0 Å². The molecule has 0 aromatic heterocycles. The van der Waals surface area contributed by atoms with E-state index < -0.39 is 0 Å². The molecule has 5 aliphatic carbocycles. The van der Waals surface area contributed by atoms with Crippen LogP contribution in [0, 0.1) is 22.7 Å². The first-order valence-corrected chi connectivity index (χ1v) is 11.2. The Morgan fingerprint density at radius 2 is 1.93 bits per heavy atom. The Balaban J connectivity index is 1.34. The van der Waals surface area contributed by atoms with E-state index in [0.29, 0.717) is 12.0 Å². The standard InChI is InChI=1S/C24H31FN2O/c25-15-22-8-17-9-23(12-22,18-4-2-1-3-5-18)14-24(10-17,13-22)21(28)27-20-7-16-6-19(20)26-11-16/h1-5,16-17,19-20,26H,6-15H2,(H,27,28)/t16?,17?,19?,20?,22-,23+,24?/m0/s1. The summed E-state index contributed by atoms with van der Waals surface area (Å²) in [6, 6.07) is 11.4. The maximum Gasteiger partial charge on any atom is 0.226 e. The zero-order chi connectivity index (χ0) is 19.0. The minimum atomic E-state index is -0.372. The summed E-state index contributed by atoms with van der Waals surface area (Å²) >= 11 is 0. The van der Waals surface area contributed by atoms with Crippen molar-refractivity contribution in [3.8, 4) is 0 Å². The molecule has 6 bridgehead atoms. The van der Waals surface area contributed by atoms with Gasteiger partial charge in [0.25, 0.3) is 0 Å². The average molecular weight is 383 g/mol. The van der Waals surface area contributed by atoms with Gasteiger partial charge in [0.2, 0.25) is 5.91 Å². The van der Waals surface area contributed by atoms with Crippen molar-refractivity contribution in [1.29, 1.82) is 0 Å². The van der Waals surface area contributed by atoms with E-state index in [1.165, 1.54) is 12.0 Å². The Labute approximate surface area is 166 Å². The molecule has 3 nitrogen and oxygen atoms in total. The molecule has 0 spiro atoms. The predicted molar refractivity (Wildman–Crippen MR) is 107 cm³/mol. The summed E-state index contributed by atoms with van der Waals surface area (Å²) in [5.74, 6) is 1.43. The lowest BCUT2D eigenvalue weighted by atomic mass is 9.38. The minimum Gasteiger partial charge on any atom is -0.351 e. The van der Waals surface area contributed by atoms with Crippen LogP contribution in [0.1, 0.15) is 56.9 Å². The van der Waals surface area contributed by atoms with E-state index in [2.05, 4.69) is 41.0 Å². The van der Waals surface area contributed by atoms with E-state index in [1.807, 2.05) is 0 Å². The van der Waals surface area contributed by atoms with Gasteiger partial charge in [0.15, 0.2) is 0 Å². The SMILES string of the molecule is O=C(NC1CC2CNC1C2)C12CC3C[C@@](CF)(C1)C[C@](c1ccccc1)(C3)C2. The highest BCUT2D eigenvalue weighted by Gasteiger charge is 2.66. The molecular formula is C24H31FN2O. The lowest BCUT2D eigenvalue weighted by Gasteiger charge is -2.65. The van der Waals surface area contributed by atoms with Gasteiger partial charge >= 0.3 is 0 Å². The lowest BCUT2D eigenvalue weighted by molar-refractivity contribution is -0.165. The number of amides is 1. The van der Waals surface area contributed by atoms with Crippen molar-refractivity contribution in [2.24, 2.45) is 22.7 Å². The normalized spacial score (nSPS) is 48.2. The fourth-order valence-electron chi connectivity index (χ4n) is 8.49. The zero-order valence-corrected chi connectivity index (χ0v) is 16.6. The topological polar surface area (TPSA) is 41.1 Å². The quantitative estimate of drug-likeness (QED) is 0.833. The number of piperidine rings is 1. The van der Waals surface area contributed by atoms with Gasteiger partial charge in [-0.3, -0.25) is 9.18 Å². The van der Waals surface area contributed by atoms with Crippen LogP contribution in [0.3, 0.4) is 0 Å². The third-order valence-corrected chi connectivity index (χ3v) is 8.98. The number of carbonyl (C=O) groups excluding carboxylic acids is 1. The first kappa shape index (κ1) is 17.4. The van der Waals surface area contributed by atoms with Crippen LogP contribution in [0.15, 0.2) is 30.3 Å². The van der Waals surface area contributed by atoms with Crippen molar-refractivity contribution in [1.82, 2.24) is 10.6 Å². The molecule has 1 amide bonds. The van der Waals surface area contributed by atoms with Gasteiger partial charge in [0, 0.05) is 17.5 Å². The van der Waals surface area contributed by atoms with Crippen LogP contribution < -0.4 is 10.6 Å². The van der Waals surface area contributed by atoms with Crippen molar-refractivity contribution < 1.29 is 9.18 Å². The van der Waals surface area contributed by atoms with Crippen molar-refractivity contribution in [3.63, 3.8) is 0 Å². The highest BCUT2D eigenvalue weighted by atomic mass is 19.1. The number of halogens is 1. The third kappa shape index (κ3) is 2.39. The summed E-state index contributed by atoms with van der Waals surface area (Å²) in [5, 5.41) is 7.02. The number of rotatable bonds is 4. The number of alkyl halides is 1. The molecule has 7 rings (SSSR count). The summed E-state index contributed by atoms with van der Waals surface area (Å²) in [4.78, 5) is 13.7. The van der Waals surface area contributed by atoms with Gasteiger partial charge in [0.1, 0.15) is 0 Å². The molecule has 0 radical (unpaired) electrons. The van der Waals surface area contributed by atoms with Gasteiger partial charge in [-0.1, -0.05) is 30.3 Å². The van der Waals surface area contributed by atoms with Crippen LogP contribution in [0.4, 0.5) is 4.39 Å². The molecule has 1 aliphatic heterocycles. The van der Waals surface area contributed by atoms with E-state index >= 15 is 0 Å². The van der Waals surface area contributed by atoms with Crippen LogP contribution >= 0.6 is 0 Å². The molecule has 2 N–H and O–H groups in total. The molecule has 1 aromatic carbocycles. The molecule has 1 saturated heterocycles. The Morgan fingerprint density at radius 3 is 2.64 bits per heavy atom. The number of nitrogens with one attached hydrogen (secondary N) is 2. The Hall–Kier alpha value is -1.42. The van der Waals surface area contributed by atoms with E-state index in [0.717, 1.165) is 57.4 Å². The largest absolute Gasteiger partial charge is 0.351 e. The summed E-state index contributed by atoms with van der Waals surface area (Å²) < 4.78 is 14.4. The smallest absolute Gasteiger partial charge is 0.226 e. The Morgan fingerprint density at radius 1 is 1.07 bits per heavy atom. The van der Waals surface area contributed by atoms with Crippen molar-refractivity contribution >= 4 is 5.91 Å². The lowest BCUT2D eigenvalue weighted by Crippen LogP contribution is -2.64. The molecule has 6 aliphatic rings. The predicted octanol–water partition coefficient (Wildman–Crippen LogP) is 3.73. The molecular weight excluding hydrogens is 351 g/mol. The molecule has 5 unspecified atom stereocenters. The second-order valence-corrected chi connectivity index (χ2v) is 11.0. The molecule has 1 heterocycles. The van der Waals surface area contributed by atoms with Crippen LogP contribution in [-0.4, -0.2) is 31.2 Å². The second-order valence-electron chi connectivity index (χ2n) is 11.0. The number of hydrogen-bond donors (Lipinski definition) is 2. The highest BCUT2D eigenvalue weighted by Crippen LogP contribution is 2.70. The molecule has 6 fully saturated rings. The van der Waals surface area contributed by atoms with Gasteiger partial charge in [0.05, 0.1) is 12.1 Å². The third-order valence-electron chi connectivity index (χ3n) is 8.98. The monoisotopic (exact) mass is 382 g/mol. The Bertz CT molecular complexity index is 799. The number of hydrogen-bond acceptors (Lipinski definition) is 2. The van der Waals surface area contributed by atoms with Crippen molar-refractivity contribution in [2.45, 2.75) is 68.9 Å². The summed E-state index contributed by atoms with van der Waals surface area (Å²) in [7, 11) is 0. The first-order valence-electron chi connectivity index (χ1n) is 11.2. The maximum absolute atomic E-state index is 14.4. The minimum absolute atomic E-state index is 0.0168. The fraction of sp³-hybridized carbons (Fsp3) is 0.708. The number of carbonyl (C=O) groups is 1. The van der Waals surface area contributed by atoms with Crippen LogP contribution in [0.25, 0.3) is 0 Å². The number of fused-ring (bicyclic) bond motifs is 2. The van der Waals surface area contributed by atoms with Gasteiger partial charge < -0.3 is 10.6 Å². The summed E-state index contributed by atoms with van der Waals surface area (Å²) in [5.41, 5.74) is 0.649. The van der Waals surface area contributed by atoms with E-state index in [-0.39, 0.29) is 34.9 Å². The van der Waals surface area contributed by atoms with Gasteiger partial charge in [-0.2, -0.15) is 0 Å². The van der Waals surface area contributed by atoms with Crippen LogP contribution in [0.2, 0.25) is 0 Å². The Kier molecular flexibility index (Phi) is 3.62. The van der Waals surface area contributed by atoms with Gasteiger partial charge in [-0.25, -0.2) is 0 Å². The molecule has 7 atom stereocenters. The second kappa shape index (κ2) is 5.81. The van der Waals surface area contributed by atoms with E-state index in [1.54, 1.807) is 0 Å². The maximum atomic E-state index is 14.4. The molecule has 4 heteroatoms. The summed E-state index contributed by atoms with van der Waals surface area (Å²) in [6.07, 6.45) is 7.95. The van der Waals surface area contributed by atoms with Crippen molar-refractivity contribution in [2.75, 3.05) is 13.2 Å². The molecule has 1 aromatic rings. The van der Waals surface area contributed by atoms with E-state index in [4.69, 9.17) is 0 Å².